The van der Waals surface area contributed by atoms with Crippen LogP contribution in [0, 0.1) is 5.41 Å². The molecule has 0 aromatic rings. The maximum atomic E-state index is 11.9. The first-order valence-electron chi connectivity index (χ1n) is 6.74. The molecule has 1 aliphatic rings. The zero-order valence-electron chi connectivity index (χ0n) is 12.1. The molecule has 0 saturated carbocycles. The molecule has 2 N–H and O–H groups in total. The maximum absolute atomic E-state index is 11.9. The van der Waals surface area contributed by atoms with Crippen LogP contribution >= 0.6 is 0 Å². The van der Waals surface area contributed by atoms with Gasteiger partial charge in [0.15, 0.2) is 0 Å². The number of carbonyl (C=O) groups excluding carboxylic acids is 2. The van der Waals surface area contributed by atoms with Gasteiger partial charge in [0.2, 0.25) is 11.8 Å². The summed E-state index contributed by atoms with van der Waals surface area (Å²) in [5.74, 6) is -0.152. The minimum Gasteiger partial charge on any atom is -0.395 e. The largest absolute Gasteiger partial charge is 0.395 e. The van der Waals surface area contributed by atoms with Crippen molar-refractivity contribution in [3.63, 3.8) is 0 Å². The Labute approximate surface area is 114 Å². The Hall–Kier alpha value is -1.14. The lowest BCUT2D eigenvalue weighted by Crippen LogP contribution is -2.52. The number of hydrogen-bond donors (Lipinski definition) is 2. The van der Waals surface area contributed by atoms with Crippen LogP contribution in [0.2, 0.25) is 0 Å². The molecule has 1 rings (SSSR count). The first-order valence-corrected chi connectivity index (χ1v) is 6.74. The van der Waals surface area contributed by atoms with Crippen molar-refractivity contribution in [2.24, 2.45) is 5.41 Å². The van der Waals surface area contributed by atoms with Crippen molar-refractivity contribution < 1.29 is 14.7 Å². The van der Waals surface area contributed by atoms with Crippen LogP contribution in [0.5, 0.6) is 0 Å². The van der Waals surface area contributed by atoms with Crippen LogP contribution in [0.3, 0.4) is 0 Å². The van der Waals surface area contributed by atoms with Gasteiger partial charge in [-0.05, 0) is 0 Å². The highest BCUT2D eigenvalue weighted by atomic mass is 16.3. The number of hydrogen-bond acceptors (Lipinski definition) is 4. The molecule has 6 heteroatoms. The number of nitrogens with zero attached hydrogens (tertiary/aromatic N) is 2. The van der Waals surface area contributed by atoms with Crippen molar-refractivity contribution in [1.29, 1.82) is 0 Å². The lowest BCUT2D eigenvalue weighted by atomic mass is 9.96. The summed E-state index contributed by atoms with van der Waals surface area (Å²) in [6.07, 6.45) is 0. The summed E-state index contributed by atoms with van der Waals surface area (Å²) in [5.41, 5.74) is -0.472. The van der Waals surface area contributed by atoms with Gasteiger partial charge in [0, 0.05) is 38.1 Å². The average molecular weight is 271 g/mol. The predicted molar refractivity (Wildman–Crippen MR) is 72.6 cm³/mol. The topological polar surface area (TPSA) is 72.9 Å². The SMILES string of the molecule is CC(C)(C)C(=O)NCC(=O)N1CCN(CCO)CC1. The molecule has 0 aromatic heterocycles. The van der Waals surface area contributed by atoms with Gasteiger partial charge in [0.05, 0.1) is 13.2 Å². The van der Waals surface area contributed by atoms with E-state index in [0.29, 0.717) is 19.6 Å². The summed E-state index contributed by atoms with van der Waals surface area (Å²) >= 11 is 0. The zero-order chi connectivity index (χ0) is 14.5. The summed E-state index contributed by atoms with van der Waals surface area (Å²) in [4.78, 5) is 27.5. The fraction of sp³-hybridized carbons (Fsp3) is 0.846. The number of nitrogens with one attached hydrogen (secondary N) is 1. The second-order valence-electron chi connectivity index (χ2n) is 5.88. The fourth-order valence-corrected chi connectivity index (χ4v) is 1.90. The number of aliphatic hydroxyl groups is 1. The monoisotopic (exact) mass is 271 g/mol. The van der Waals surface area contributed by atoms with Crippen LogP contribution < -0.4 is 5.32 Å². The van der Waals surface area contributed by atoms with Crippen LogP contribution in [-0.2, 0) is 9.59 Å². The number of aliphatic hydroxyl groups excluding tert-OH is 1. The normalized spacial score (nSPS) is 17.4. The van der Waals surface area contributed by atoms with E-state index in [1.807, 2.05) is 20.8 Å². The van der Waals surface area contributed by atoms with Crippen LogP contribution in [0.15, 0.2) is 0 Å². The Morgan fingerprint density at radius 3 is 2.21 bits per heavy atom. The highest BCUT2D eigenvalue weighted by molar-refractivity contribution is 5.87. The fourth-order valence-electron chi connectivity index (χ4n) is 1.90. The summed E-state index contributed by atoms with van der Waals surface area (Å²) < 4.78 is 0. The minimum atomic E-state index is -0.472. The smallest absolute Gasteiger partial charge is 0.242 e. The second kappa shape index (κ2) is 6.86. The first kappa shape index (κ1) is 15.9. The molecule has 2 amide bonds. The van der Waals surface area contributed by atoms with Crippen molar-refractivity contribution in [2.75, 3.05) is 45.9 Å². The highest BCUT2D eigenvalue weighted by Crippen LogP contribution is 2.12. The number of carbonyl (C=O) groups is 2. The average Bonchev–Trinajstić information content (AvgIpc) is 2.35. The Morgan fingerprint density at radius 1 is 1.16 bits per heavy atom. The van der Waals surface area contributed by atoms with Crippen LogP contribution in [0.1, 0.15) is 20.8 Å². The highest BCUT2D eigenvalue weighted by Gasteiger charge is 2.24. The van der Waals surface area contributed by atoms with Gasteiger partial charge in [-0.1, -0.05) is 20.8 Å². The van der Waals surface area contributed by atoms with Gasteiger partial charge >= 0.3 is 0 Å². The number of amides is 2. The summed E-state index contributed by atoms with van der Waals surface area (Å²) in [7, 11) is 0. The molecule has 0 radical (unpaired) electrons. The van der Waals surface area contributed by atoms with E-state index in [4.69, 9.17) is 5.11 Å². The number of rotatable bonds is 4. The standard InChI is InChI=1S/C13H25N3O3/c1-13(2,3)12(19)14-10-11(18)16-6-4-15(5-7-16)8-9-17/h17H,4-10H2,1-3H3,(H,14,19). The Balaban J connectivity index is 2.30. The van der Waals surface area contributed by atoms with Crippen LogP contribution in [0.4, 0.5) is 0 Å². The molecule has 0 aromatic carbocycles. The predicted octanol–water partition coefficient (Wildman–Crippen LogP) is -0.715. The molecular formula is C13H25N3O3. The molecule has 1 saturated heterocycles. The molecular weight excluding hydrogens is 246 g/mol. The van der Waals surface area contributed by atoms with Crippen molar-refractivity contribution in [2.45, 2.75) is 20.8 Å². The lowest BCUT2D eigenvalue weighted by Gasteiger charge is -2.34. The number of β-amino-alcohol motifs (C(OH)–C–C–N with tert-alkyl or cyclic N) is 1. The lowest BCUT2D eigenvalue weighted by molar-refractivity contribution is -0.136. The van der Waals surface area contributed by atoms with E-state index in [0.717, 1.165) is 13.1 Å². The Morgan fingerprint density at radius 2 is 1.74 bits per heavy atom. The molecule has 0 bridgehead atoms. The third-order valence-corrected chi connectivity index (χ3v) is 3.22. The summed E-state index contributed by atoms with van der Waals surface area (Å²) in [5, 5.41) is 11.5. The van der Waals surface area contributed by atoms with Gasteiger partial charge in [-0.3, -0.25) is 14.5 Å². The number of piperazine rings is 1. The Bertz CT molecular complexity index is 318. The molecule has 19 heavy (non-hydrogen) atoms. The zero-order valence-corrected chi connectivity index (χ0v) is 12.1. The van der Waals surface area contributed by atoms with Crippen molar-refractivity contribution in [3.8, 4) is 0 Å². The quantitative estimate of drug-likeness (QED) is 0.708. The molecule has 1 fully saturated rings. The van der Waals surface area contributed by atoms with E-state index >= 15 is 0 Å². The van der Waals surface area contributed by atoms with Gasteiger partial charge in [-0.25, -0.2) is 0 Å². The third kappa shape index (κ3) is 5.16. The maximum Gasteiger partial charge on any atom is 0.242 e. The summed E-state index contributed by atoms with van der Waals surface area (Å²) in [6, 6.07) is 0. The van der Waals surface area contributed by atoms with Gasteiger partial charge in [0.25, 0.3) is 0 Å². The molecule has 1 aliphatic heterocycles. The molecule has 0 unspecified atom stereocenters. The van der Waals surface area contributed by atoms with E-state index in [1.54, 1.807) is 4.90 Å². The van der Waals surface area contributed by atoms with Crippen molar-refractivity contribution >= 4 is 11.8 Å². The van der Waals surface area contributed by atoms with E-state index in [2.05, 4.69) is 10.2 Å². The Kier molecular flexibility index (Phi) is 5.75. The molecule has 0 atom stereocenters. The van der Waals surface area contributed by atoms with E-state index < -0.39 is 5.41 Å². The molecule has 0 aliphatic carbocycles. The molecule has 110 valence electrons. The van der Waals surface area contributed by atoms with Gasteiger partial charge in [-0.15, -0.1) is 0 Å². The second-order valence-corrected chi connectivity index (χ2v) is 5.88. The van der Waals surface area contributed by atoms with Gasteiger partial charge in [0.1, 0.15) is 0 Å². The minimum absolute atomic E-state index is 0.0405. The first-order chi connectivity index (χ1) is 8.84. The van der Waals surface area contributed by atoms with E-state index in [9.17, 15) is 9.59 Å². The molecule has 1 heterocycles. The summed E-state index contributed by atoms with van der Waals surface area (Å²) in [6.45, 7) is 9.20. The van der Waals surface area contributed by atoms with Crippen LogP contribution in [-0.4, -0.2) is 72.6 Å². The molecule has 6 nitrogen and oxygen atoms in total. The third-order valence-electron chi connectivity index (χ3n) is 3.22. The van der Waals surface area contributed by atoms with E-state index in [1.165, 1.54) is 0 Å². The van der Waals surface area contributed by atoms with Gasteiger partial charge in [-0.2, -0.15) is 0 Å². The van der Waals surface area contributed by atoms with Gasteiger partial charge < -0.3 is 15.3 Å². The molecule has 0 spiro atoms. The van der Waals surface area contributed by atoms with Crippen molar-refractivity contribution in [3.05, 3.63) is 0 Å². The van der Waals surface area contributed by atoms with Crippen LogP contribution in [0.25, 0.3) is 0 Å². The van der Waals surface area contributed by atoms with E-state index in [-0.39, 0.29) is 25.0 Å². The van der Waals surface area contributed by atoms with Crippen molar-refractivity contribution in [1.82, 2.24) is 15.1 Å².